The lowest BCUT2D eigenvalue weighted by atomic mass is 10.4. The first-order valence-corrected chi connectivity index (χ1v) is 4.62. The maximum absolute atomic E-state index is 11.6. The van der Waals surface area contributed by atoms with E-state index in [1.54, 1.807) is 0 Å². The number of hydrogen-bond donors (Lipinski definition) is 1. The Morgan fingerprint density at radius 1 is 1.36 bits per heavy atom. The van der Waals surface area contributed by atoms with Crippen LogP contribution in [0.15, 0.2) is 21.9 Å². The lowest BCUT2D eigenvalue weighted by molar-refractivity contribution is 0.269. The van der Waals surface area contributed by atoms with E-state index >= 15 is 0 Å². The Bertz CT molecular complexity index is 405. The minimum absolute atomic E-state index is 0.0578. The molecule has 0 unspecified atom stereocenters. The highest BCUT2D eigenvalue weighted by Gasteiger charge is 2.02. The molecule has 0 fully saturated rings. The first-order valence-electron chi connectivity index (χ1n) is 4.62. The molecule has 0 saturated carbocycles. The van der Waals surface area contributed by atoms with Crippen molar-refractivity contribution < 1.29 is 5.11 Å². The summed E-state index contributed by atoms with van der Waals surface area (Å²) in [5.74, 6) is 0. The van der Waals surface area contributed by atoms with Crippen LogP contribution in [0.4, 0.5) is 0 Å². The quantitative estimate of drug-likeness (QED) is 0.703. The average Bonchev–Trinajstić information content (AvgIpc) is 2.17. The largest absolute Gasteiger partial charge is 0.395 e. The predicted molar refractivity (Wildman–Crippen MR) is 52.3 cm³/mol. The molecule has 5 heteroatoms. The second kappa shape index (κ2) is 4.76. The Kier molecular flexibility index (Phi) is 3.64. The van der Waals surface area contributed by atoms with E-state index in [1.165, 1.54) is 16.8 Å². The van der Waals surface area contributed by atoms with E-state index in [4.69, 9.17) is 5.11 Å². The molecule has 0 spiro atoms. The minimum Gasteiger partial charge on any atom is -0.395 e. The van der Waals surface area contributed by atoms with Crippen LogP contribution in [0.2, 0.25) is 0 Å². The van der Waals surface area contributed by atoms with E-state index in [1.807, 2.05) is 6.92 Å². The smallest absolute Gasteiger partial charge is 0.331 e. The number of rotatable bonds is 4. The molecule has 0 aliphatic rings. The number of hydrogen-bond acceptors (Lipinski definition) is 3. The summed E-state index contributed by atoms with van der Waals surface area (Å²) in [6.45, 7) is 2.39. The number of aliphatic hydroxyl groups excluding tert-OH is 1. The molecule has 0 atom stereocenters. The van der Waals surface area contributed by atoms with Gasteiger partial charge in [-0.3, -0.25) is 9.36 Å². The Morgan fingerprint density at radius 2 is 2.07 bits per heavy atom. The molecule has 0 aliphatic heterocycles. The molecule has 14 heavy (non-hydrogen) atoms. The third-order valence-corrected chi connectivity index (χ3v) is 1.93. The number of aliphatic hydroxyl groups is 1. The van der Waals surface area contributed by atoms with Gasteiger partial charge in [-0.15, -0.1) is 0 Å². The van der Waals surface area contributed by atoms with E-state index in [9.17, 15) is 9.59 Å². The molecule has 78 valence electrons. The fraction of sp³-hybridized carbons (Fsp3) is 0.556. The Morgan fingerprint density at radius 3 is 2.64 bits per heavy atom. The zero-order valence-corrected chi connectivity index (χ0v) is 8.14. The van der Waals surface area contributed by atoms with Crippen LogP contribution in [0.25, 0.3) is 0 Å². The molecule has 1 rings (SSSR count). The molecule has 0 bridgehead atoms. The van der Waals surface area contributed by atoms with Crippen LogP contribution in [0.1, 0.15) is 13.3 Å². The van der Waals surface area contributed by atoms with Crippen molar-refractivity contribution in [2.75, 3.05) is 6.61 Å². The normalized spacial score (nSPS) is 10.4. The lowest BCUT2D eigenvalue weighted by Gasteiger charge is -2.06. The molecule has 0 aliphatic carbocycles. The fourth-order valence-corrected chi connectivity index (χ4v) is 1.27. The number of aromatic nitrogens is 2. The van der Waals surface area contributed by atoms with Crippen LogP contribution in [0.5, 0.6) is 0 Å². The van der Waals surface area contributed by atoms with Crippen molar-refractivity contribution in [2.24, 2.45) is 0 Å². The second-order valence-corrected chi connectivity index (χ2v) is 3.01. The van der Waals surface area contributed by atoms with Crippen molar-refractivity contribution in [3.8, 4) is 0 Å². The highest BCUT2D eigenvalue weighted by atomic mass is 16.3. The molecule has 1 aromatic rings. The molecular formula is C9H14N2O3. The topological polar surface area (TPSA) is 64.2 Å². The van der Waals surface area contributed by atoms with Gasteiger partial charge in [0.15, 0.2) is 0 Å². The third kappa shape index (κ3) is 2.11. The van der Waals surface area contributed by atoms with Gasteiger partial charge in [-0.1, -0.05) is 6.92 Å². The van der Waals surface area contributed by atoms with Gasteiger partial charge >= 0.3 is 5.69 Å². The van der Waals surface area contributed by atoms with Gasteiger partial charge in [0.2, 0.25) is 0 Å². The minimum atomic E-state index is -0.364. The average molecular weight is 198 g/mol. The van der Waals surface area contributed by atoms with Gasteiger partial charge in [0, 0.05) is 18.8 Å². The molecule has 1 N–H and O–H groups in total. The van der Waals surface area contributed by atoms with E-state index in [2.05, 4.69) is 0 Å². The SMILES string of the molecule is CCCn1ccc(=O)n(CCO)c1=O. The van der Waals surface area contributed by atoms with Crippen molar-refractivity contribution in [3.63, 3.8) is 0 Å². The summed E-state index contributed by atoms with van der Waals surface area (Å²) in [6.07, 6.45) is 2.32. The summed E-state index contributed by atoms with van der Waals surface area (Å²) in [5, 5.41) is 8.68. The molecule has 5 nitrogen and oxygen atoms in total. The van der Waals surface area contributed by atoms with Gasteiger partial charge in [0.1, 0.15) is 0 Å². The second-order valence-electron chi connectivity index (χ2n) is 3.01. The van der Waals surface area contributed by atoms with Gasteiger partial charge in [-0.05, 0) is 6.42 Å². The van der Waals surface area contributed by atoms with E-state index < -0.39 is 0 Å². The summed E-state index contributed by atoms with van der Waals surface area (Å²) >= 11 is 0. The zero-order valence-electron chi connectivity index (χ0n) is 8.14. The summed E-state index contributed by atoms with van der Waals surface area (Å²) in [6, 6.07) is 1.34. The van der Waals surface area contributed by atoms with Crippen molar-refractivity contribution in [1.82, 2.24) is 9.13 Å². The molecular weight excluding hydrogens is 184 g/mol. The third-order valence-electron chi connectivity index (χ3n) is 1.93. The van der Waals surface area contributed by atoms with E-state index in [0.29, 0.717) is 6.54 Å². The van der Waals surface area contributed by atoms with Crippen LogP contribution in [0.3, 0.4) is 0 Å². The Hall–Kier alpha value is -1.36. The maximum Gasteiger partial charge on any atom is 0.331 e. The van der Waals surface area contributed by atoms with Crippen molar-refractivity contribution in [2.45, 2.75) is 26.4 Å². The van der Waals surface area contributed by atoms with Crippen LogP contribution in [-0.2, 0) is 13.1 Å². The highest BCUT2D eigenvalue weighted by molar-refractivity contribution is 4.86. The van der Waals surface area contributed by atoms with Crippen LogP contribution < -0.4 is 11.2 Å². The molecule has 0 aromatic carbocycles. The summed E-state index contributed by atoms with van der Waals surface area (Å²) in [5.41, 5.74) is -0.718. The molecule has 0 radical (unpaired) electrons. The summed E-state index contributed by atoms with van der Waals surface area (Å²) < 4.78 is 2.51. The summed E-state index contributed by atoms with van der Waals surface area (Å²) in [7, 11) is 0. The van der Waals surface area contributed by atoms with E-state index in [-0.39, 0.29) is 24.4 Å². The predicted octanol–water partition coefficient (Wildman–Crippen LogP) is -0.588. The standard InChI is InChI=1S/C9H14N2O3/c1-2-4-10-5-3-8(13)11(6-7-12)9(10)14/h3,5,12H,2,4,6-7H2,1H3. The number of aryl methyl sites for hydroxylation is 1. The first-order chi connectivity index (χ1) is 6.70. The number of nitrogens with zero attached hydrogens (tertiary/aromatic N) is 2. The van der Waals surface area contributed by atoms with Gasteiger partial charge < -0.3 is 9.67 Å². The van der Waals surface area contributed by atoms with Gasteiger partial charge in [0.05, 0.1) is 13.2 Å². The van der Waals surface area contributed by atoms with Crippen molar-refractivity contribution in [1.29, 1.82) is 0 Å². The van der Waals surface area contributed by atoms with Gasteiger partial charge in [-0.2, -0.15) is 0 Å². The van der Waals surface area contributed by atoms with Crippen molar-refractivity contribution in [3.05, 3.63) is 33.1 Å². The lowest BCUT2D eigenvalue weighted by Crippen LogP contribution is -2.39. The Labute approximate surface area is 81.2 Å². The van der Waals surface area contributed by atoms with Crippen LogP contribution in [0, 0.1) is 0 Å². The zero-order chi connectivity index (χ0) is 10.6. The van der Waals surface area contributed by atoms with Crippen LogP contribution >= 0.6 is 0 Å². The Balaban J connectivity index is 3.19. The van der Waals surface area contributed by atoms with Gasteiger partial charge in [-0.25, -0.2) is 4.79 Å². The van der Waals surface area contributed by atoms with Crippen LogP contribution in [-0.4, -0.2) is 20.8 Å². The first kappa shape index (κ1) is 10.7. The van der Waals surface area contributed by atoms with Gasteiger partial charge in [0.25, 0.3) is 5.56 Å². The molecule has 1 heterocycles. The molecule has 0 amide bonds. The highest BCUT2D eigenvalue weighted by Crippen LogP contribution is 1.83. The maximum atomic E-state index is 11.6. The summed E-state index contributed by atoms with van der Waals surface area (Å²) in [4.78, 5) is 22.8. The molecule has 1 aromatic heterocycles. The van der Waals surface area contributed by atoms with Crippen molar-refractivity contribution >= 4 is 0 Å². The monoisotopic (exact) mass is 198 g/mol. The van der Waals surface area contributed by atoms with E-state index in [0.717, 1.165) is 11.0 Å². The molecule has 0 saturated heterocycles. The fourth-order valence-electron chi connectivity index (χ4n) is 1.27.